The quantitative estimate of drug-likeness (QED) is 0.318. The molecule has 1 aliphatic heterocycles. The minimum Gasteiger partial charge on any atom is -0.493 e. The van der Waals surface area contributed by atoms with Crippen molar-refractivity contribution in [2.45, 2.75) is 18.9 Å². The Balaban J connectivity index is 1.37. The number of carbonyl (C=O) groups is 2. The number of ether oxygens (including phenoxy) is 3. The largest absolute Gasteiger partial charge is 0.506 e. The maximum atomic E-state index is 12.5. The summed E-state index contributed by atoms with van der Waals surface area (Å²) in [7, 11) is 0. The van der Waals surface area contributed by atoms with Gasteiger partial charge in [-0.25, -0.2) is 4.79 Å². The molecule has 0 radical (unpaired) electrons. The summed E-state index contributed by atoms with van der Waals surface area (Å²) < 4.78 is 16.4. The van der Waals surface area contributed by atoms with Gasteiger partial charge < -0.3 is 24.6 Å². The number of carbonyl (C=O) groups excluding carboxylic acids is 1. The topological polar surface area (TPSA) is 94.1 Å². The molecular formula is C25H20Cl3NO6. The standard InChI is InChI=1S/C25H20Cl3NO6/c26-18-6-1-14(11-19(18)27)7-9-29-24(30)15-2-4-16(5-3-15)34-23-13-22-17(12-20(23)28)21(8-10-33-22)35-25(31)32/h1-6,11-13,21H,7-10H2,(H,29,30)(H,31,32). The number of rotatable bonds is 7. The third-order valence-electron chi connectivity index (χ3n) is 5.32. The van der Waals surface area contributed by atoms with Gasteiger partial charge in [0.15, 0.2) is 0 Å². The van der Waals surface area contributed by atoms with Gasteiger partial charge in [0.25, 0.3) is 5.91 Å². The van der Waals surface area contributed by atoms with Crippen LogP contribution in [-0.4, -0.2) is 30.3 Å². The first-order chi connectivity index (χ1) is 16.8. The van der Waals surface area contributed by atoms with Gasteiger partial charge in [0.05, 0.1) is 21.7 Å². The van der Waals surface area contributed by atoms with E-state index in [1.54, 1.807) is 48.5 Å². The summed E-state index contributed by atoms with van der Waals surface area (Å²) in [5, 5.41) is 13.0. The third kappa shape index (κ3) is 6.31. The zero-order chi connectivity index (χ0) is 24.9. The smallest absolute Gasteiger partial charge is 0.493 e. The van der Waals surface area contributed by atoms with Gasteiger partial charge >= 0.3 is 6.16 Å². The lowest BCUT2D eigenvalue weighted by molar-refractivity contribution is 0.0326. The predicted octanol–water partition coefficient (Wildman–Crippen LogP) is 6.93. The Labute approximate surface area is 216 Å². The molecule has 3 aromatic carbocycles. The normalized spacial score (nSPS) is 14.4. The fourth-order valence-corrected chi connectivity index (χ4v) is 4.13. The van der Waals surface area contributed by atoms with Gasteiger partial charge in [-0.05, 0) is 54.4 Å². The van der Waals surface area contributed by atoms with Crippen LogP contribution in [0.25, 0.3) is 0 Å². The first-order valence-electron chi connectivity index (χ1n) is 10.7. The van der Waals surface area contributed by atoms with Crippen molar-refractivity contribution in [2.75, 3.05) is 13.2 Å². The van der Waals surface area contributed by atoms with E-state index in [-0.39, 0.29) is 10.9 Å². The van der Waals surface area contributed by atoms with E-state index in [2.05, 4.69) is 5.32 Å². The molecule has 35 heavy (non-hydrogen) atoms. The second-order valence-corrected chi connectivity index (χ2v) is 8.93. The molecule has 1 heterocycles. The number of halogens is 3. The number of hydrogen-bond donors (Lipinski definition) is 2. The maximum Gasteiger partial charge on any atom is 0.506 e. The molecule has 0 saturated carbocycles. The molecule has 0 aromatic heterocycles. The maximum absolute atomic E-state index is 12.5. The number of fused-ring (bicyclic) bond motifs is 1. The summed E-state index contributed by atoms with van der Waals surface area (Å²) >= 11 is 18.3. The highest BCUT2D eigenvalue weighted by atomic mass is 35.5. The van der Waals surface area contributed by atoms with Crippen molar-refractivity contribution in [1.29, 1.82) is 0 Å². The minimum absolute atomic E-state index is 0.221. The monoisotopic (exact) mass is 535 g/mol. The molecule has 2 N–H and O–H groups in total. The van der Waals surface area contributed by atoms with Crippen LogP contribution < -0.4 is 14.8 Å². The molecule has 4 rings (SSSR count). The zero-order valence-corrected chi connectivity index (χ0v) is 20.5. The Hall–Kier alpha value is -3.13. The van der Waals surface area contributed by atoms with Crippen LogP contribution in [-0.2, 0) is 11.2 Å². The van der Waals surface area contributed by atoms with Crippen LogP contribution in [0.1, 0.15) is 34.0 Å². The molecule has 7 nitrogen and oxygen atoms in total. The van der Waals surface area contributed by atoms with Crippen molar-refractivity contribution in [1.82, 2.24) is 5.32 Å². The van der Waals surface area contributed by atoms with Gasteiger partial charge in [-0.15, -0.1) is 0 Å². The molecule has 182 valence electrons. The summed E-state index contributed by atoms with van der Waals surface area (Å²) in [6.45, 7) is 0.743. The number of hydrogen-bond acceptors (Lipinski definition) is 5. The van der Waals surface area contributed by atoms with Crippen LogP contribution in [0, 0.1) is 0 Å². The van der Waals surface area contributed by atoms with Gasteiger partial charge in [0, 0.05) is 30.2 Å². The fraction of sp³-hybridized carbons (Fsp3) is 0.200. The van der Waals surface area contributed by atoms with Crippen molar-refractivity contribution in [3.05, 3.63) is 86.4 Å². The highest BCUT2D eigenvalue weighted by molar-refractivity contribution is 6.42. The molecule has 1 aliphatic rings. The van der Waals surface area contributed by atoms with Gasteiger partial charge in [-0.2, -0.15) is 0 Å². The van der Waals surface area contributed by atoms with Crippen LogP contribution >= 0.6 is 34.8 Å². The number of nitrogens with one attached hydrogen (secondary N) is 1. The zero-order valence-electron chi connectivity index (χ0n) is 18.2. The highest BCUT2D eigenvalue weighted by Gasteiger charge is 2.27. The molecule has 10 heteroatoms. The molecule has 0 bridgehead atoms. The van der Waals surface area contributed by atoms with Gasteiger partial charge in [-0.1, -0.05) is 40.9 Å². The number of amides is 1. The lowest BCUT2D eigenvalue weighted by Gasteiger charge is -2.25. The summed E-state index contributed by atoms with van der Waals surface area (Å²) in [6, 6.07) is 15.1. The molecular weight excluding hydrogens is 517 g/mol. The average Bonchev–Trinajstić information content (AvgIpc) is 2.82. The Morgan fingerprint density at radius 1 is 1.00 bits per heavy atom. The van der Waals surface area contributed by atoms with Crippen LogP contribution in [0.5, 0.6) is 17.2 Å². The van der Waals surface area contributed by atoms with E-state index in [4.69, 9.17) is 54.1 Å². The Kier molecular flexibility index (Phi) is 7.90. The van der Waals surface area contributed by atoms with E-state index >= 15 is 0 Å². The second kappa shape index (κ2) is 11.1. The van der Waals surface area contributed by atoms with Gasteiger partial charge in [-0.3, -0.25) is 4.79 Å². The first-order valence-corrected chi connectivity index (χ1v) is 11.8. The number of carboxylic acid groups (broad SMARTS) is 1. The van der Waals surface area contributed by atoms with Crippen molar-refractivity contribution in [3.8, 4) is 17.2 Å². The highest BCUT2D eigenvalue weighted by Crippen LogP contribution is 2.42. The van der Waals surface area contributed by atoms with Crippen LogP contribution in [0.2, 0.25) is 15.1 Å². The molecule has 0 saturated heterocycles. The predicted molar refractivity (Wildman–Crippen MR) is 132 cm³/mol. The van der Waals surface area contributed by atoms with Crippen molar-refractivity contribution in [3.63, 3.8) is 0 Å². The van der Waals surface area contributed by atoms with Crippen molar-refractivity contribution < 1.29 is 28.9 Å². The third-order valence-corrected chi connectivity index (χ3v) is 6.35. The van der Waals surface area contributed by atoms with E-state index in [9.17, 15) is 9.59 Å². The SMILES string of the molecule is O=C(O)OC1CCOc2cc(Oc3ccc(C(=O)NCCc4ccc(Cl)c(Cl)c4)cc3)c(Cl)cc21. The average molecular weight is 537 g/mol. The van der Waals surface area contributed by atoms with Crippen molar-refractivity contribution >= 4 is 46.9 Å². The molecule has 0 spiro atoms. The summed E-state index contributed by atoms with van der Waals surface area (Å²) in [4.78, 5) is 23.4. The second-order valence-electron chi connectivity index (χ2n) is 7.71. The van der Waals surface area contributed by atoms with E-state index in [0.717, 1.165) is 5.56 Å². The van der Waals surface area contributed by atoms with Crippen molar-refractivity contribution in [2.24, 2.45) is 0 Å². The first kappa shape index (κ1) is 25.0. The minimum atomic E-state index is -1.36. The molecule has 1 atom stereocenters. The van der Waals surface area contributed by atoms with Gasteiger partial charge in [0.2, 0.25) is 0 Å². The Morgan fingerprint density at radius 3 is 2.49 bits per heavy atom. The summed E-state index contributed by atoms with van der Waals surface area (Å²) in [5.41, 5.74) is 1.99. The lowest BCUT2D eigenvalue weighted by Crippen LogP contribution is -2.25. The van der Waals surface area contributed by atoms with Crippen LogP contribution in [0.3, 0.4) is 0 Å². The van der Waals surface area contributed by atoms with E-state index < -0.39 is 12.3 Å². The fourth-order valence-electron chi connectivity index (χ4n) is 3.60. The van der Waals surface area contributed by atoms with E-state index in [0.29, 0.717) is 64.4 Å². The van der Waals surface area contributed by atoms with Crippen LogP contribution in [0.4, 0.5) is 4.79 Å². The molecule has 1 unspecified atom stereocenters. The van der Waals surface area contributed by atoms with Crippen LogP contribution in [0.15, 0.2) is 54.6 Å². The van der Waals surface area contributed by atoms with Gasteiger partial charge in [0.1, 0.15) is 23.4 Å². The van der Waals surface area contributed by atoms with E-state index in [1.807, 2.05) is 6.07 Å². The van der Waals surface area contributed by atoms with E-state index in [1.165, 1.54) is 0 Å². The number of benzene rings is 3. The summed E-state index contributed by atoms with van der Waals surface area (Å²) in [6.07, 6.45) is -1.01. The Morgan fingerprint density at radius 2 is 1.77 bits per heavy atom. The summed E-state index contributed by atoms with van der Waals surface area (Å²) in [5.74, 6) is 1.02. The molecule has 0 fully saturated rings. The molecule has 3 aromatic rings. The molecule has 0 aliphatic carbocycles. The Bertz CT molecular complexity index is 1250. The lowest BCUT2D eigenvalue weighted by atomic mass is 10.0. The molecule has 1 amide bonds.